The van der Waals surface area contributed by atoms with Crippen LogP contribution in [0.1, 0.15) is 45.2 Å². The minimum atomic E-state index is -0.976. The predicted molar refractivity (Wildman–Crippen MR) is 98.3 cm³/mol. The number of benzene rings is 2. The first-order chi connectivity index (χ1) is 11.7. The van der Waals surface area contributed by atoms with Gasteiger partial charge in [-0.2, -0.15) is 0 Å². The molecule has 0 saturated heterocycles. The van der Waals surface area contributed by atoms with Gasteiger partial charge in [0, 0.05) is 6.42 Å². The van der Waals surface area contributed by atoms with E-state index in [4.69, 9.17) is 4.74 Å². The van der Waals surface area contributed by atoms with Gasteiger partial charge in [-0.1, -0.05) is 60.7 Å². The van der Waals surface area contributed by atoms with Crippen LogP contribution >= 0.6 is 0 Å². The number of nitrogens with one attached hydrogen (secondary N) is 1. The van der Waals surface area contributed by atoms with Gasteiger partial charge in [0.25, 0.3) is 0 Å². The van der Waals surface area contributed by atoms with Gasteiger partial charge < -0.3 is 10.1 Å². The van der Waals surface area contributed by atoms with Crippen LogP contribution in [0.5, 0.6) is 0 Å². The van der Waals surface area contributed by atoms with E-state index < -0.39 is 17.2 Å². The van der Waals surface area contributed by atoms with E-state index in [1.807, 2.05) is 81.4 Å². The van der Waals surface area contributed by atoms with Crippen LogP contribution in [0.4, 0.5) is 4.79 Å². The maximum absolute atomic E-state index is 12.6. The van der Waals surface area contributed by atoms with Gasteiger partial charge in [0.05, 0.1) is 0 Å². The number of ketones is 1. The van der Waals surface area contributed by atoms with E-state index in [9.17, 15) is 9.59 Å². The molecule has 0 unspecified atom stereocenters. The van der Waals surface area contributed by atoms with Gasteiger partial charge in [-0.05, 0) is 38.8 Å². The monoisotopic (exact) mass is 339 g/mol. The third-order valence-corrected chi connectivity index (χ3v) is 3.76. The Kier molecular flexibility index (Phi) is 5.62. The Labute approximate surface area is 149 Å². The highest BCUT2D eigenvalue weighted by atomic mass is 16.6. The second kappa shape index (κ2) is 7.51. The third kappa shape index (κ3) is 4.92. The second-order valence-corrected chi connectivity index (χ2v) is 7.14. The molecule has 2 aromatic rings. The Morgan fingerprint density at radius 2 is 1.32 bits per heavy atom. The predicted octanol–water partition coefficient (Wildman–Crippen LogP) is 4.43. The molecule has 132 valence electrons. The number of ether oxygens (including phenoxy) is 1. The van der Waals surface area contributed by atoms with Crippen molar-refractivity contribution in [1.29, 1.82) is 0 Å². The van der Waals surface area contributed by atoms with Crippen LogP contribution in [-0.4, -0.2) is 17.5 Å². The van der Waals surface area contributed by atoms with Gasteiger partial charge in [-0.15, -0.1) is 0 Å². The lowest BCUT2D eigenvalue weighted by Crippen LogP contribution is -2.49. The summed E-state index contributed by atoms with van der Waals surface area (Å²) in [6, 6.07) is 19.0. The highest BCUT2D eigenvalue weighted by Crippen LogP contribution is 2.34. The Morgan fingerprint density at radius 1 is 0.880 bits per heavy atom. The Morgan fingerprint density at radius 3 is 1.68 bits per heavy atom. The zero-order valence-electron chi connectivity index (χ0n) is 15.2. The van der Waals surface area contributed by atoms with Gasteiger partial charge >= 0.3 is 6.09 Å². The Bertz CT molecular complexity index is 678. The van der Waals surface area contributed by atoms with Crippen molar-refractivity contribution < 1.29 is 14.3 Å². The molecule has 1 amide bonds. The molecule has 0 aliphatic heterocycles. The van der Waals surface area contributed by atoms with E-state index in [2.05, 4.69) is 5.32 Å². The molecule has 4 heteroatoms. The fourth-order valence-corrected chi connectivity index (χ4v) is 2.86. The van der Waals surface area contributed by atoms with Crippen LogP contribution in [0, 0.1) is 0 Å². The van der Waals surface area contributed by atoms with Crippen molar-refractivity contribution in [3.8, 4) is 0 Å². The van der Waals surface area contributed by atoms with Gasteiger partial charge in [0.2, 0.25) is 0 Å². The van der Waals surface area contributed by atoms with Crippen LogP contribution in [0.25, 0.3) is 0 Å². The van der Waals surface area contributed by atoms with Gasteiger partial charge in [-0.3, -0.25) is 4.79 Å². The number of carbonyl (C=O) groups excluding carboxylic acids is 2. The number of hydrogen-bond acceptors (Lipinski definition) is 3. The van der Waals surface area contributed by atoms with Crippen molar-refractivity contribution in [2.75, 3.05) is 0 Å². The molecule has 0 aliphatic carbocycles. The van der Waals surface area contributed by atoms with Crippen LogP contribution in [0.15, 0.2) is 60.7 Å². The first-order valence-corrected chi connectivity index (χ1v) is 8.34. The molecule has 1 N–H and O–H groups in total. The lowest BCUT2D eigenvalue weighted by molar-refractivity contribution is -0.118. The fourth-order valence-electron chi connectivity index (χ4n) is 2.86. The van der Waals surface area contributed by atoms with Crippen LogP contribution in [0.2, 0.25) is 0 Å². The number of rotatable bonds is 5. The standard InChI is InChI=1S/C21H25NO3/c1-16(23)15-21(17-11-7-5-8-12-17,18-13-9-6-10-14-18)22-19(24)25-20(2,3)4/h5-14H,15H2,1-4H3,(H,22,24). The lowest BCUT2D eigenvalue weighted by atomic mass is 9.79. The largest absolute Gasteiger partial charge is 0.444 e. The Hall–Kier alpha value is -2.62. The highest BCUT2D eigenvalue weighted by molar-refractivity contribution is 5.80. The minimum Gasteiger partial charge on any atom is -0.444 e. The van der Waals surface area contributed by atoms with E-state index >= 15 is 0 Å². The van der Waals surface area contributed by atoms with Gasteiger partial charge in [0.1, 0.15) is 16.9 Å². The molecular weight excluding hydrogens is 314 g/mol. The summed E-state index contributed by atoms with van der Waals surface area (Å²) in [5, 5.41) is 2.97. The molecule has 0 aromatic heterocycles. The summed E-state index contributed by atoms with van der Waals surface area (Å²) >= 11 is 0. The summed E-state index contributed by atoms with van der Waals surface area (Å²) in [6.07, 6.45) is -0.415. The van der Waals surface area contributed by atoms with E-state index in [0.717, 1.165) is 11.1 Å². The zero-order valence-corrected chi connectivity index (χ0v) is 15.2. The molecule has 2 rings (SSSR count). The summed E-state index contributed by atoms with van der Waals surface area (Å²) in [4.78, 5) is 24.6. The summed E-state index contributed by atoms with van der Waals surface area (Å²) < 4.78 is 5.46. The molecule has 0 saturated carbocycles. The summed E-state index contributed by atoms with van der Waals surface area (Å²) in [7, 11) is 0. The summed E-state index contributed by atoms with van der Waals surface area (Å²) in [5.41, 5.74) is 0.0698. The first-order valence-electron chi connectivity index (χ1n) is 8.34. The molecule has 0 heterocycles. The normalized spacial score (nSPS) is 11.7. The molecule has 2 aromatic carbocycles. The molecule has 4 nitrogen and oxygen atoms in total. The van der Waals surface area contributed by atoms with Crippen molar-refractivity contribution in [3.63, 3.8) is 0 Å². The van der Waals surface area contributed by atoms with Crippen LogP contribution < -0.4 is 5.32 Å². The molecule has 0 fully saturated rings. The molecule has 0 radical (unpaired) electrons. The van der Waals surface area contributed by atoms with Crippen molar-refractivity contribution >= 4 is 11.9 Å². The highest BCUT2D eigenvalue weighted by Gasteiger charge is 2.38. The zero-order chi connectivity index (χ0) is 18.5. The maximum Gasteiger partial charge on any atom is 0.408 e. The number of hydrogen-bond donors (Lipinski definition) is 1. The summed E-state index contributed by atoms with van der Waals surface area (Å²) in [6.45, 7) is 6.95. The third-order valence-electron chi connectivity index (χ3n) is 3.76. The second-order valence-electron chi connectivity index (χ2n) is 7.14. The first kappa shape index (κ1) is 18.7. The molecule has 25 heavy (non-hydrogen) atoms. The van der Waals surface area contributed by atoms with Crippen molar-refractivity contribution in [2.24, 2.45) is 0 Å². The van der Waals surface area contributed by atoms with Crippen LogP contribution in [-0.2, 0) is 15.1 Å². The molecule has 0 atom stereocenters. The van der Waals surface area contributed by atoms with E-state index in [0.29, 0.717) is 0 Å². The van der Waals surface area contributed by atoms with Gasteiger partial charge in [-0.25, -0.2) is 4.79 Å². The van der Waals surface area contributed by atoms with Crippen molar-refractivity contribution in [3.05, 3.63) is 71.8 Å². The van der Waals surface area contributed by atoms with E-state index in [1.165, 1.54) is 6.92 Å². The number of Topliss-reactive ketones (excluding diaryl/α,β-unsaturated/α-hetero) is 1. The SMILES string of the molecule is CC(=O)CC(NC(=O)OC(C)(C)C)(c1ccccc1)c1ccccc1. The number of alkyl carbamates (subject to hydrolysis) is 1. The maximum atomic E-state index is 12.6. The number of carbonyl (C=O) groups is 2. The minimum absolute atomic E-state index is 0.0243. The summed E-state index contributed by atoms with van der Waals surface area (Å²) in [5.74, 6) is -0.0243. The van der Waals surface area contributed by atoms with Crippen molar-refractivity contribution in [1.82, 2.24) is 5.32 Å². The fraction of sp³-hybridized carbons (Fsp3) is 0.333. The molecule has 0 spiro atoms. The van der Waals surface area contributed by atoms with Gasteiger partial charge in [0.15, 0.2) is 0 Å². The van der Waals surface area contributed by atoms with E-state index in [-0.39, 0.29) is 12.2 Å². The smallest absolute Gasteiger partial charge is 0.408 e. The number of amides is 1. The molecule has 0 aliphatic rings. The molecule has 0 bridgehead atoms. The average Bonchev–Trinajstić information content (AvgIpc) is 2.53. The van der Waals surface area contributed by atoms with Crippen LogP contribution in [0.3, 0.4) is 0 Å². The van der Waals surface area contributed by atoms with Crippen molar-refractivity contribution in [2.45, 2.75) is 45.3 Å². The average molecular weight is 339 g/mol. The molecular formula is C21H25NO3. The van der Waals surface area contributed by atoms with E-state index in [1.54, 1.807) is 0 Å². The Balaban J connectivity index is 2.55. The topological polar surface area (TPSA) is 55.4 Å². The lowest BCUT2D eigenvalue weighted by Gasteiger charge is -2.36. The quantitative estimate of drug-likeness (QED) is 0.876.